The van der Waals surface area contributed by atoms with Crippen molar-refractivity contribution in [1.29, 1.82) is 0 Å². The molecule has 7 nitrogen and oxygen atoms in total. The molecule has 1 aromatic heterocycles. The van der Waals surface area contributed by atoms with Crippen LogP contribution in [0.4, 0.5) is 17.6 Å². The smallest absolute Gasteiger partial charge is 0.433 e. The topological polar surface area (TPSA) is 92.5 Å². The van der Waals surface area contributed by atoms with Crippen LogP contribution in [0.15, 0.2) is 18.3 Å². The lowest BCUT2D eigenvalue weighted by Crippen LogP contribution is -2.50. The van der Waals surface area contributed by atoms with Crippen LogP contribution in [0.5, 0.6) is 0 Å². The van der Waals surface area contributed by atoms with Crippen molar-refractivity contribution in [3.63, 3.8) is 0 Å². The van der Waals surface area contributed by atoms with Gasteiger partial charge in [-0.3, -0.25) is 19.1 Å². The monoisotopic (exact) mass is 647 g/mol. The number of hydrogen-bond acceptors (Lipinski definition) is 4. The minimum atomic E-state index is -4.96. The van der Waals surface area contributed by atoms with Gasteiger partial charge in [-0.15, -0.1) is 0 Å². The number of aliphatic carboxylic acids is 1. The number of carboxylic acid groups (broad SMARTS) is 1. The first-order chi connectivity index (χ1) is 19.8. The second-order valence-electron chi connectivity index (χ2n) is 13.3. The summed E-state index contributed by atoms with van der Waals surface area (Å²) in [6, 6.07) is 0.538. The number of hydrogen-bond donors (Lipinski definition) is 1. The first-order valence-electron chi connectivity index (χ1n) is 14.2. The van der Waals surface area contributed by atoms with E-state index in [1.54, 1.807) is 6.92 Å². The molecule has 236 valence electrons. The summed E-state index contributed by atoms with van der Waals surface area (Å²) in [4.78, 5) is 40.1. The van der Waals surface area contributed by atoms with Crippen LogP contribution in [0.25, 0.3) is 0 Å². The van der Waals surface area contributed by atoms with Crippen LogP contribution in [0.3, 0.4) is 0 Å². The summed E-state index contributed by atoms with van der Waals surface area (Å²) in [6.07, 6.45) is -1.67. The van der Waals surface area contributed by atoms with Gasteiger partial charge in [-0.25, -0.2) is 4.39 Å². The van der Waals surface area contributed by atoms with Crippen LogP contribution >= 0.6 is 23.2 Å². The Bertz CT molecular complexity index is 1380. The highest BCUT2D eigenvalue weighted by molar-refractivity contribution is 6.40. The van der Waals surface area contributed by atoms with Gasteiger partial charge in [-0.2, -0.15) is 18.3 Å². The molecule has 43 heavy (non-hydrogen) atoms. The summed E-state index contributed by atoms with van der Waals surface area (Å²) in [5, 5.41) is 13.0. The Labute approximate surface area is 257 Å². The molecule has 2 fully saturated rings. The maximum Gasteiger partial charge on any atom is 0.433 e. The van der Waals surface area contributed by atoms with Gasteiger partial charge in [0.15, 0.2) is 11.5 Å². The third kappa shape index (κ3) is 7.19. The average Bonchev–Trinajstić information content (AvgIpc) is 3.29. The number of carbonyl (C=O) groups is 3. The van der Waals surface area contributed by atoms with Crippen molar-refractivity contribution < 1.29 is 37.1 Å². The largest absolute Gasteiger partial charge is 0.481 e. The van der Waals surface area contributed by atoms with Crippen LogP contribution in [-0.2, 0) is 11.0 Å². The lowest BCUT2D eigenvalue weighted by Gasteiger charge is -2.44. The Morgan fingerprint density at radius 3 is 2.14 bits per heavy atom. The first-order valence-corrected chi connectivity index (χ1v) is 14.9. The van der Waals surface area contributed by atoms with Crippen molar-refractivity contribution in [1.82, 2.24) is 14.7 Å². The highest BCUT2D eigenvalue weighted by Crippen LogP contribution is 2.45. The minimum Gasteiger partial charge on any atom is -0.481 e. The van der Waals surface area contributed by atoms with E-state index in [0.717, 1.165) is 34.3 Å². The lowest BCUT2D eigenvalue weighted by molar-refractivity contribution is -0.152. The predicted octanol–water partition coefficient (Wildman–Crippen LogP) is 8.09. The van der Waals surface area contributed by atoms with Crippen molar-refractivity contribution in [2.45, 2.75) is 90.9 Å². The number of carboxylic acids is 1. The number of halogens is 6. The molecule has 2 aliphatic carbocycles. The molecule has 0 spiro atoms. The third-order valence-electron chi connectivity index (χ3n) is 8.63. The first kappa shape index (κ1) is 33.2. The van der Waals surface area contributed by atoms with Crippen molar-refractivity contribution in [3.05, 3.63) is 51.0 Å². The number of benzene rings is 1. The van der Waals surface area contributed by atoms with E-state index in [0.29, 0.717) is 12.8 Å². The second-order valence-corrected chi connectivity index (χ2v) is 14.1. The lowest BCUT2D eigenvalue weighted by atomic mass is 9.71. The molecular weight excluding hydrogens is 613 g/mol. The normalized spacial score (nSPS) is 24.4. The standard InChI is InChI=1S/C30H35Cl2F4N3O4/c1-28(2,3)13-16-9-19(10-16)38(15-23(40)24-21(31)11-17(33)12-22(24)32)26(41)20-14-37-39(25(20)30(34,35)36)18-5-7-29(4,8-6-18)27(42)43/h11-12,14,16,18-19H,5-10,13,15H2,1-4H3,(H,42,43)/t16?,18-,19?,29-. The maximum absolute atomic E-state index is 14.6. The fourth-order valence-electron chi connectivity index (χ4n) is 6.33. The highest BCUT2D eigenvalue weighted by Gasteiger charge is 2.47. The molecule has 0 bridgehead atoms. The SMILES string of the molecule is CC(C)(C)CC1CC(N(CC(=O)c2c(Cl)cc(F)cc2Cl)C(=O)c2cnn([C@H]3CC[C@](C)(C(=O)O)CC3)c2C(F)(F)F)C1. The van der Waals surface area contributed by atoms with Gasteiger partial charge in [-0.1, -0.05) is 44.0 Å². The van der Waals surface area contributed by atoms with Gasteiger partial charge in [0.1, 0.15) is 5.82 Å². The van der Waals surface area contributed by atoms with E-state index < -0.39 is 65.0 Å². The Morgan fingerprint density at radius 2 is 1.65 bits per heavy atom. The van der Waals surface area contributed by atoms with Gasteiger partial charge in [0.2, 0.25) is 0 Å². The van der Waals surface area contributed by atoms with Crippen molar-refractivity contribution in [3.8, 4) is 0 Å². The van der Waals surface area contributed by atoms with E-state index in [-0.39, 0.29) is 52.6 Å². The van der Waals surface area contributed by atoms with Gasteiger partial charge in [0.25, 0.3) is 5.91 Å². The summed E-state index contributed by atoms with van der Waals surface area (Å²) in [5.74, 6) is -3.30. The number of Topliss-reactive ketones (excluding diaryl/α,β-unsaturated/α-hetero) is 1. The molecule has 0 radical (unpaired) electrons. The van der Waals surface area contributed by atoms with Gasteiger partial charge in [-0.05, 0) is 75.3 Å². The van der Waals surface area contributed by atoms with E-state index in [9.17, 15) is 37.1 Å². The maximum atomic E-state index is 14.6. The number of aromatic nitrogens is 2. The zero-order valence-electron chi connectivity index (χ0n) is 24.4. The molecule has 1 aromatic carbocycles. The van der Waals surface area contributed by atoms with Crippen LogP contribution in [0.2, 0.25) is 10.0 Å². The zero-order chi connectivity index (χ0) is 32.1. The van der Waals surface area contributed by atoms with Crippen LogP contribution in [0.1, 0.15) is 105 Å². The van der Waals surface area contributed by atoms with Crippen molar-refractivity contribution in [2.75, 3.05) is 6.54 Å². The predicted molar refractivity (Wildman–Crippen MR) is 153 cm³/mol. The van der Waals surface area contributed by atoms with E-state index >= 15 is 0 Å². The molecule has 2 aromatic rings. The average molecular weight is 649 g/mol. The summed E-state index contributed by atoms with van der Waals surface area (Å²) < 4.78 is 58.2. The quantitative estimate of drug-likeness (QED) is 0.231. The Hall–Kier alpha value is -2.66. The molecule has 0 aliphatic heterocycles. The summed E-state index contributed by atoms with van der Waals surface area (Å²) in [7, 11) is 0. The Morgan fingerprint density at radius 1 is 1.09 bits per heavy atom. The number of ketones is 1. The van der Waals surface area contributed by atoms with E-state index in [2.05, 4.69) is 25.9 Å². The van der Waals surface area contributed by atoms with Crippen molar-refractivity contribution >= 4 is 40.9 Å². The number of nitrogens with zero attached hydrogens (tertiary/aromatic N) is 3. The third-order valence-corrected chi connectivity index (χ3v) is 9.22. The molecule has 13 heteroatoms. The number of amides is 1. The van der Waals surface area contributed by atoms with E-state index in [1.807, 2.05) is 0 Å². The molecule has 0 saturated heterocycles. The molecule has 4 rings (SSSR count). The number of rotatable bonds is 8. The van der Waals surface area contributed by atoms with Crippen LogP contribution in [-0.4, -0.2) is 50.0 Å². The fourth-order valence-corrected chi connectivity index (χ4v) is 7.00. The van der Waals surface area contributed by atoms with Crippen LogP contribution in [0, 0.1) is 22.6 Å². The molecule has 1 amide bonds. The van der Waals surface area contributed by atoms with E-state index in [4.69, 9.17) is 23.2 Å². The second kappa shape index (κ2) is 12.0. The van der Waals surface area contributed by atoms with Crippen molar-refractivity contribution in [2.24, 2.45) is 16.7 Å². The van der Waals surface area contributed by atoms with E-state index in [1.165, 1.54) is 0 Å². The summed E-state index contributed by atoms with van der Waals surface area (Å²) >= 11 is 12.2. The molecule has 0 atom stereocenters. The Balaban J connectivity index is 1.67. The highest BCUT2D eigenvalue weighted by atomic mass is 35.5. The van der Waals surface area contributed by atoms with Crippen LogP contribution < -0.4 is 0 Å². The fraction of sp³-hybridized carbons (Fsp3) is 0.600. The summed E-state index contributed by atoms with van der Waals surface area (Å²) in [6.45, 7) is 7.16. The van der Waals surface area contributed by atoms with Gasteiger partial charge in [0.05, 0.1) is 45.4 Å². The molecule has 2 aliphatic rings. The van der Waals surface area contributed by atoms with Gasteiger partial charge >= 0.3 is 12.1 Å². The molecular formula is C30H35Cl2F4N3O4. The summed E-state index contributed by atoms with van der Waals surface area (Å²) in [5.41, 5.74) is -3.20. The number of alkyl halides is 3. The minimum absolute atomic E-state index is 0.00321. The van der Waals surface area contributed by atoms with Gasteiger partial charge < -0.3 is 10.0 Å². The Kier molecular flexibility index (Phi) is 9.30. The van der Waals surface area contributed by atoms with Gasteiger partial charge in [0, 0.05) is 6.04 Å². The molecule has 0 unspecified atom stereocenters. The molecule has 1 N–H and O–H groups in total. The molecule has 2 saturated carbocycles. The zero-order valence-corrected chi connectivity index (χ0v) is 25.9. The molecule has 1 heterocycles. The number of carbonyl (C=O) groups excluding carboxylic acids is 2.